The molecule has 10 heteroatoms. The molecule has 1 aliphatic rings. The molecule has 0 radical (unpaired) electrons. The van der Waals surface area contributed by atoms with Crippen LogP contribution in [0.1, 0.15) is 28.5 Å². The van der Waals surface area contributed by atoms with E-state index in [1.807, 2.05) is 24.3 Å². The minimum absolute atomic E-state index is 0.00117. The molecule has 1 aliphatic heterocycles. The van der Waals surface area contributed by atoms with Crippen molar-refractivity contribution >= 4 is 44.1 Å². The molecule has 3 heterocycles. The molecule has 1 N–H and O–H groups in total. The van der Waals surface area contributed by atoms with Gasteiger partial charge in [-0.3, -0.25) is 4.79 Å². The lowest BCUT2D eigenvalue weighted by Gasteiger charge is -2.13. The Morgan fingerprint density at radius 3 is 2.57 bits per heavy atom. The van der Waals surface area contributed by atoms with E-state index in [0.717, 1.165) is 5.56 Å². The predicted octanol–water partition coefficient (Wildman–Crippen LogP) is 4.68. The van der Waals surface area contributed by atoms with Gasteiger partial charge < -0.3 is 10.1 Å². The number of methoxy groups -OCH3 is 1. The summed E-state index contributed by atoms with van der Waals surface area (Å²) in [5, 5.41) is 8.52. The summed E-state index contributed by atoms with van der Waals surface area (Å²) >= 11 is 6.27. The Balaban J connectivity index is 1.68. The van der Waals surface area contributed by atoms with E-state index >= 15 is 0 Å². The topological polar surface area (TPSA) is 103 Å². The van der Waals surface area contributed by atoms with Gasteiger partial charge in [0.2, 0.25) is 0 Å². The fourth-order valence-electron chi connectivity index (χ4n) is 4.38. The Kier molecular flexibility index (Phi) is 5.98. The van der Waals surface area contributed by atoms with Crippen LogP contribution in [0.25, 0.3) is 22.3 Å². The number of anilines is 1. The Labute approximate surface area is 207 Å². The van der Waals surface area contributed by atoms with Crippen LogP contribution in [0.4, 0.5) is 5.69 Å². The molecule has 1 unspecified atom stereocenters. The number of nitrogens with one attached hydrogen (secondary N) is 1. The number of fused-ring (bicyclic) bond motifs is 1. The van der Waals surface area contributed by atoms with E-state index in [-0.39, 0.29) is 23.5 Å². The van der Waals surface area contributed by atoms with Gasteiger partial charge in [-0.1, -0.05) is 23.7 Å². The Bertz CT molecular complexity index is 1550. The van der Waals surface area contributed by atoms with E-state index in [1.165, 1.54) is 0 Å². The highest BCUT2D eigenvalue weighted by Crippen LogP contribution is 2.33. The monoisotopic (exact) mass is 510 g/mol. The van der Waals surface area contributed by atoms with Gasteiger partial charge in [-0.15, -0.1) is 0 Å². The summed E-state index contributed by atoms with van der Waals surface area (Å²) in [5.41, 5.74) is 3.28. The van der Waals surface area contributed by atoms with Crippen molar-refractivity contribution in [3.63, 3.8) is 0 Å². The lowest BCUT2D eigenvalue weighted by atomic mass is 10.0. The summed E-state index contributed by atoms with van der Waals surface area (Å²) in [6.45, 7) is 1.79. The smallest absolute Gasteiger partial charge is 0.256 e. The lowest BCUT2D eigenvalue weighted by Crippen LogP contribution is -2.15. The van der Waals surface area contributed by atoms with Crippen molar-refractivity contribution in [2.24, 2.45) is 0 Å². The zero-order valence-electron chi connectivity index (χ0n) is 19.2. The van der Waals surface area contributed by atoms with Crippen LogP contribution in [0.5, 0.6) is 5.75 Å². The third-order valence-corrected chi connectivity index (χ3v) is 8.22. The molecular weight excluding hydrogens is 488 g/mol. The third-order valence-electron chi connectivity index (χ3n) is 6.14. The summed E-state index contributed by atoms with van der Waals surface area (Å²) in [5.74, 6) is 0.444. The van der Waals surface area contributed by atoms with Gasteiger partial charge in [-0.05, 0) is 55.8 Å². The van der Waals surface area contributed by atoms with Crippen LogP contribution >= 0.6 is 11.6 Å². The largest absolute Gasteiger partial charge is 0.497 e. The van der Waals surface area contributed by atoms with Crippen molar-refractivity contribution in [1.82, 2.24) is 14.8 Å². The van der Waals surface area contributed by atoms with Crippen LogP contribution < -0.4 is 10.1 Å². The van der Waals surface area contributed by atoms with E-state index in [1.54, 1.807) is 49.0 Å². The highest BCUT2D eigenvalue weighted by molar-refractivity contribution is 7.91. The molecule has 180 valence electrons. The minimum Gasteiger partial charge on any atom is -0.497 e. The van der Waals surface area contributed by atoms with Crippen LogP contribution in [-0.4, -0.2) is 47.7 Å². The molecule has 4 aromatic rings. The fourth-order valence-corrected chi connectivity index (χ4v) is 6.25. The highest BCUT2D eigenvalue weighted by atomic mass is 35.5. The van der Waals surface area contributed by atoms with Crippen LogP contribution in [0, 0.1) is 6.92 Å². The zero-order valence-corrected chi connectivity index (χ0v) is 20.7. The summed E-state index contributed by atoms with van der Waals surface area (Å²) in [7, 11) is -1.55. The number of amides is 1. The van der Waals surface area contributed by atoms with Crippen LogP contribution in [0.3, 0.4) is 0 Å². The lowest BCUT2D eigenvalue weighted by molar-refractivity contribution is 0.102. The maximum atomic E-state index is 13.5. The first-order chi connectivity index (χ1) is 16.8. The molecule has 2 aromatic heterocycles. The first-order valence-electron chi connectivity index (χ1n) is 11.1. The Hall–Kier alpha value is -3.43. The Morgan fingerprint density at radius 1 is 1.17 bits per heavy atom. The van der Waals surface area contributed by atoms with Gasteiger partial charge in [0.15, 0.2) is 15.5 Å². The van der Waals surface area contributed by atoms with Gasteiger partial charge in [0, 0.05) is 5.56 Å². The number of benzene rings is 2. The molecule has 1 saturated heterocycles. The van der Waals surface area contributed by atoms with Crippen LogP contribution in [0.2, 0.25) is 5.02 Å². The summed E-state index contributed by atoms with van der Waals surface area (Å²) in [6, 6.07) is 15.7. The maximum Gasteiger partial charge on any atom is 0.256 e. The molecule has 0 saturated carbocycles. The SMILES string of the molecule is COc1ccc(-c2cc(C(=O)Nc3ccccc3Cl)c3c(C)nn(C4CCS(=O)(=O)C4)c3n2)cc1. The molecule has 8 nitrogen and oxygen atoms in total. The van der Waals surface area contributed by atoms with Crippen molar-refractivity contribution in [2.75, 3.05) is 23.9 Å². The number of carbonyl (C=O) groups is 1. The molecule has 1 amide bonds. The quantitative estimate of drug-likeness (QED) is 0.418. The number of halogens is 1. The number of hydrogen-bond donors (Lipinski definition) is 1. The summed E-state index contributed by atoms with van der Waals surface area (Å²) in [4.78, 5) is 18.3. The van der Waals surface area contributed by atoms with E-state index in [4.69, 9.17) is 21.3 Å². The fraction of sp³-hybridized carbons (Fsp3) is 0.240. The predicted molar refractivity (Wildman–Crippen MR) is 136 cm³/mol. The van der Waals surface area contributed by atoms with Gasteiger partial charge >= 0.3 is 0 Å². The van der Waals surface area contributed by atoms with Crippen molar-refractivity contribution in [1.29, 1.82) is 0 Å². The molecule has 1 fully saturated rings. The van der Waals surface area contributed by atoms with Gasteiger partial charge in [-0.25, -0.2) is 18.1 Å². The normalized spacial score (nSPS) is 16.9. The molecule has 0 spiro atoms. The second-order valence-electron chi connectivity index (χ2n) is 8.50. The van der Waals surface area contributed by atoms with Gasteiger partial charge in [-0.2, -0.15) is 5.10 Å². The van der Waals surface area contributed by atoms with E-state index in [0.29, 0.717) is 50.9 Å². The van der Waals surface area contributed by atoms with E-state index in [2.05, 4.69) is 10.4 Å². The summed E-state index contributed by atoms with van der Waals surface area (Å²) in [6.07, 6.45) is 0.453. The van der Waals surface area contributed by atoms with E-state index in [9.17, 15) is 13.2 Å². The van der Waals surface area contributed by atoms with Crippen molar-refractivity contribution in [3.8, 4) is 17.0 Å². The molecular formula is C25H23ClN4O4S. The third kappa shape index (κ3) is 4.49. The maximum absolute atomic E-state index is 13.5. The number of aromatic nitrogens is 3. The van der Waals surface area contributed by atoms with Crippen molar-refractivity contribution < 1.29 is 17.9 Å². The molecule has 1 atom stereocenters. The van der Waals surface area contributed by atoms with Gasteiger partial charge in [0.1, 0.15) is 5.75 Å². The van der Waals surface area contributed by atoms with E-state index < -0.39 is 9.84 Å². The number of sulfone groups is 1. The molecule has 0 aliphatic carbocycles. The number of aryl methyl sites for hydroxylation is 1. The Morgan fingerprint density at radius 2 is 1.91 bits per heavy atom. The second-order valence-corrected chi connectivity index (χ2v) is 11.1. The van der Waals surface area contributed by atoms with Crippen LogP contribution in [-0.2, 0) is 9.84 Å². The molecule has 0 bridgehead atoms. The number of rotatable bonds is 5. The number of para-hydroxylation sites is 1. The first-order valence-corrected chi connectivity index (χ1v) is 13.3. The van der Waals surface area contributed by atoms with Crippen LogP contribution in [0.15, 0.2) is 54.6 Å². The molecule has 2 aromatic carbocycles. The van der Waals surface area contributed by atoms with Gasteiger partial charge in [0.25, 0.3) is 5.91 Å². The van der Waals surface area contributed by atoms with Crippen molar-refractivity contribution in [2.45, 2.75) is 19.4 Å². The van der Waals surface area contributed by atoms with Gasteiger partial charge in [0.05, 0.1) is 57.7 Å². The molecule has 5 rings (SSSR count). The average molecular weight is 511 g/mol. The number of nitrogens with zero attached hydrogens (tertiary/aromatic N) is 3. The number of ether oxygens (including phenoxy) is 1. The highest BCUT2D eigenvalue weighted by Gasteiger charge is 2.32. The molecule has 35 heavy (non-hydrogen) atoms. The number of pyridine rings is 1. The average Bonchev–Trinajstić information content (AvgIpc) is 3.38. The van der Waals surface area contributed by atoms with Crippen molar-refractivity contribution in [3.05, 3.63) is 70.9 Å². The standard InChI is InChI=1S/C25H23ClN4O4S/c1-15-23-19(25(31)28-21-6-4-3-5-20(21)26)13-22(16-7-9-18(34-2)10-8-16)27-24(23)30(29-15)17-11-12-35(32,33)14-17/h3-10,13,17H,11-12,14H2,1-2H3,(H,28,31). The summed E-state index contributed by atoms with van der Waals surface area (Å²) < 4.78 is 31.3. The number of carbonyl (C=O) groups excluding carboxylic acids is 1. The first kappa shape index (κ1) is 23.3. The number of hydrogen-bond acceptors (Lipinski definition) is 6. The second kappa shape index (κ2) is 8.98. The zero-order chi connectivity index (χ0) is 24.7. The minimum atomic E-state index is -3.14.